The quantitative estimate of drug-likeness (QED) is 0.215. The topological polar surface area (TPSA) is 159 Å². The van der Waals surface area contributed by atoms with E-state index in [2.05, 4.69) is 15.3 Å². The van der Waals surface area contributed by atoms with E-state index in [1.165, 1.54) is 4.57 Å². The molecule has 0 radical (unpaired) electrons. The Labute approximate surface area is 204 Å². The summed E-state index contributed by atoms with van der Waals surface area (Å²) in [5.74, 6) is 0.464. The minimum atomic E-state index is -4.37. The molecule has 14 heteroatoms. The molecule has 0 spiro atoms. The zero-order chi connectivity index (χ0) is 24.6. The summed E-state index contributed by atoms with van der Waals surface area (Å²) in [4.78, 5) is 26.4. The van der Waals surface area contributed by atoms with Gasteiger partial charge in [0.25, 0.3) is 0 Å². The van der Waals surface area contributed by atoms with Crippen LogP contribution in [0.3, 0.4) is 0 Å². The van der Waals surface area contributed by atoms with Crippen LogP contribution in [-0.4, -0.2) is 65.8 Å². The summed E-state index contributed by atoms with van der Waals surface area (Å²) >= 11 is 12.1. The number of nitrogens with zero attached hydrogens (tertiary/aromatic N) is 3. The molecule has 2 aromatic heterocycles. The van der Waals surface area contributed by atoms with E-state index in [0.717, 1.165) is 5.56 Å². The fraction of sp³-hybridized carbons (Fsp3) is 0.400. The number of aliphatic hydroxyl groups excluding tert-OH is 2. The van der Waals surface area contributed by atoms with Gasteiger partial charge in [-0.1, -0.05) is 23.7 Å². The van der Waals surface area contributed by atoms with Crippen LogP contribution >= 0.6 is 30.8 Å². The van der Waals surface area contributed by atoms with Crippen molar-refractivity contribution in [3.8, 4) is 0 Å². The summed E-state index contributed by atoms with van der Waals surface area (Å²) < 4.78 is 23.2. The van der Waals surface area contributed by atoms with E-state index in [1.807, 2.05) is 19.1 Å². The summed E-state index contributed by atoms with van der Waals surface area (Å²) in [5, 5.41) is 25.4. The predicted molar refractivity (Wildman–Crippen MR) is 125 cm³/mol. The first kappa shape index (κ1) is 25.3. The third-order valence-corrected chi connectivity index (χ3v) is 6.36. The molecule has 1 aliphatic rings. The first-order chi connectivity index (χ1) is 16.0. The van der Waals surface area contributed by atoms with Crippen LogP contribution in [0.25, 0.3) is 11.0 Å². The van der Waals surface area contributed by atoms with Crippen molar-refractivity contribution in [1.82, 2.24) is 14.5 Å². The average Bonchev–Trinajstić information content (AvgIpc) is 3.29. The Balaban J connectivity index is 1.56. The fourth-order valence-electron chi connectivity index (χ4n) is 3.75. The van der Waals surface area contributed by atoms with E-state index in [-0.39, 0.29) is 17.9 Å². The third kappa shape index (κ3) is 5.54. The number of ether oxygens (including phenoxy) is 2. The number of rotatable bonds is 8. The normalized spacial score (nSPS) is 24.0. The molecule has 0 amide bonds. The van der Waals surface area contributed by atoms with Crippen molar-refractivity contribution in [3.05, 3.63) is 52.4 Å². The van der Waals surface area contributed by atoms with Crippen LogP contribution in [0.5, 0.6) is 0 Å². The van der Waals surface area contributed by atoms with E-state index in [9.17, 15) is 14.8 Å². The molecular weight excluding hydrogens is 510 g/mol. The Morgan fingerprint density at radius 1 is 1.18 bits per heavy atom. The van der Waals surface area contributed by atoms with Crippen LogP contribution in [-0.2, 0) is 14.0 Å². The van der Waals surface area contributed by atoms with Gasteiger partial charge in [-0.3, -0.25) is 4.57 Å². The lowest BCUT2D eigenvalue weighted by molar-refractivity contribution is -0.0610. The third-order valence-electron chi connectivity index (χ3n) is 5.42. The minimum Gasteiger partial charge on any atom is -0.387 e. The molecule has 3 aromatic rings. The summed E-state index contributed by atoms with van der Waals surface area (Å²) in [6, 6.07) is 8.95. The van der Waals surface area contributed by atoms with Gasteiger partial charge in [0.15, 0.2) is 6.23 Å². The lowest BCUT2D eigenvalue weighted by atomic mass is 10.1. The molecule has 4 rings (SSSR count). The SMILES string of the molecule is CC(Nc1nc(Cl)nc2c1ccn2[C@@H]1O[C@H](COCP(=O)(O)O)[C@@H](O)[C@H]1O)c1ccc(Cl)cc1. The van der Waals surface area contributed by atoms with Crippen LogP contribution in [0, 0.1) is 0 Å². The van der Waals surface area contributed by atoms with E-state index >= 15 is 0 Å². The standard InChI is InChI=1S/C20H23Cl2N4O7P/c1-10(11-2-4-12(21)5-3-11)23-17-13-6-7-26(18(13)25-20(22)24-17)19-16(28)15(27)14(33-19)8-32-9-34(29,30)31/h2-7,10,14-16,19,27-28H,8-9H2,1H3,(H,23,24,25)(H2,29,30,31)/t10?,14-,15-,16-,19-/m1/s1. The van der Waals surface area contributed by atoms with Crippen molar-refractivity contribution < 1.29 is 34.0 Å². The van der Waals surface area contributed by atoms with E-state index in [1.54, 1.807) is 24.4 Å². The maximum absolute atomic E-state index is 11.0. The second kappa shape index (κ2) is 10.1. The number of nitrogens with one attached hydrogen (secondary N) is 1. The number of benzene rings is 1. The van der Waals surface area contributed by atoms with E-state index in [0.29, 0.717) is 21.9 Å². The highest BCUT2D eigenvalue weighted by Gasteiger charge is 2.44. The average molecular weight is 533 g/mol. The van der Waals surface area contributed by atoms with Gasteiger partial charge in [0.1, 0.15) is 36.1 Å². The molecule has 0 saturated carbocycles. The second-order valence-corrected chi connectivity index (χ2v) is 10.3. The van der Waals surface area contributed by atoms with Crippen molar-refractivity contribution in [2.45, 2.75) is 37.5 Å². The maximum Gasteiger partial charge on any atom is 0.350 e. The van der Waals surface area contributed by atoms with E-state index < -0.39 is 38.5 Å². The van der Waals surface area contributed by atoms with Gasteiger partial charge in [-0.15, -0.1) is 0 Å². The molecule has 184 valence electrons. The van der Waals surface area contributed by atoms with Crippen molar-refractivity contribution in [2.24, 2.45) is 0 Å². The summed E-state index contributed by atoms with van der Waals surface area (Å²) in [6.45, 7) is 1.63. The predicted octanol–water partition coefficient (Wildman–Crippen LogP) is 2.68. The van der Waals surface area contributed by atoms with Gasteiger partial charge in [0, 0.05) is 17.3 Å². The molecule has 11 nitrogen and oxygen atoms in total. The Hall–Kier alpha value is -1.79. The molecule has 5 atom stereocenters. The number of halogens is 2. The molecule has 0 aliphatic carbocycles. The Bertz CT molecular complexity index is 1210. The lowest BCUT2D eigenvalue weighted by Crippen LogP contribution is -2.33. The van der Waals surface area contributed by atoms with E-state index in [4.69, 9.17) is 42.5 Å². The highest BCUT2D eigenvalue weighted by molar-refractivity contribution is 7.51. The van der Waals surface area contributed by atoms with Crippen molar-refractivity contribution in [2.75, 3.05) is 18.3 Å². The van der Waals surface area contributed by atoms with Gasteiger partial charge in [0.05, 0.1) is 12.0 Å². The van der Waals surface area contributed by atoms with Crippen LogP contribution < -0.4 is 5.32 Å². The molecule has 1 saturated heterocycles. The summed E-state index contributed by atoms with van der Waals surface area (Å²) in [7, 11) is -4.37. The number of aliphatic hydroxyl groups is 2. The zero-order valence-corrected chi connectivity index (χ0v) is 20.2. The summed E-state index contributed by atoms with van der Waals surface area (Å²) in [6.07, 6.45) is -3.95. The molecule has 5 N–H and O–H groups in total. The molecular formula is C20H23Cl2N4O7P. The van der Waals surface area contributed by atoms with Gasteiger partial charge in [-0.2, -0.15) is 4.98 Å². The largest absolute Gasteiger partial charge is 0.387 e. The molecule has 1 unspecified atom stereocenters. The second-order valence-electron chi connectivity index (χ2n) is 7.93. The molecule has 1 aromatic carbocycles. The Morgan fingerprint density at radius 3 is 2.56 bits per heavy atom. The van der Waals surface area contributed by atoms with Crippen molar-refractivity contribution >= 4 is 47.6 Å². The number of hydrogen-bond donors (Lipinski definition) is 5. The first-order valence-corrected chi connectivity index (χ1v) is 12.8. The Morgan fingerprint density at radius 2 is 1.88 bits per heavy atom. The van der Waals surface area contributed by atoms with Gasteiger partial charge < -0.3 is 39.4 Å². The monoisotopic (exact) mass is 532 g/mol. The minimum absolute atomic E-state index is 0.0344. The summed E-state index contributed by atoms with van der Waals surface area (Å²) in [5.41, 5.74) is 1.33. The van der Waals surface area contributed by atoms with Crippen LogP contribution in [0.1, 0.15) is 24.8 Å². The molecule has 0 bridgehead atoms. The lowest BCUT2D eigenvalue weighted by Gasteiger charge is -2.19. The molecule has 34 heavy (non-hydrogen) atoms. The Kier molecular flexibility index (Phi) is 7.49. The maximum atomic E-state index is 11.0. The highest BCUT2D eigenvalue weighted by atomic mass is 35.5. The smallest absolute Gasteiger partial charge is 0.350 e. The number of anilines is 1. The highest BCUT2D eigenvalue weighted by Crippen LogP contribution is 2.37. The fourth-order valence-corrected chi connectivity index (χ4v) is 4.38. The molecule has 1 aliphatic heterocycles. The first-order valence-electron chi connectivity index (χ1n) is 10.2. The van der Waals surface area contributed by atoms with Crippen molar-refractivity contribution in [1.29, 1.82) is 0 Å². The van der Waals surface area contributed by atoms with Gasteiger partial charge in [0.2, 0.25) is 5.28 Å². The molecule has 1 fully saturated rings. The molecule has 3 heterocycles. The van der Waals surface area contributed by atoms with Gasteiger partial charge >= 0.3 is 7.60 Å². The number of hydrogen-bond acceptors (Lipinski definition) is 8. The number of fused-ring (bicyclic) bond motifs is 1. The zero-order valence-electron chi connectivity index (χ0n) is 17.8. The van der Waals surface area contributed by atoms with Crippen LogP contribution in [0.15, 0.2) is 36.5 Å². The van der Waals surface area contributed by atoms with Gasteiger partial charge in [-0.05, 0) is 42.3 Å². The number of aromatic nitrogens is 3. The van der Waals surface area contributed by atoms with Crippen molar-refractivity contribution in [3.63, 3.8) is 0 Å². The van der Waals surface area contributed by atoms with Crippen LogP contribution in [0.4, 0.5) is 5.82 Å². The van der Waals surface area contributed by atoms with Gasteiger partial charge in [-0.25, -0.2) is 4.98 Å². The van der Waals surface area contributed by atoms with Crippen LogP contribution in [0.2, 0.25) is 10.3 Å².